The van der Waals surface area contributed by atoms with E-state index in [1.807, 2.05) is 47.4 Å². The van der Waals surface area contributed by atoms with Crippen molar-refractivity contribution in [1.29, 1.82) is 0 Å². The van der Waals surface area contributed by atoms with Crippen molar-refractivity contribution >= 4 is 22.5 Å². The van der Waals surface area contributed by atoms with E-state index in [-0.39, 0.29) is 18.0 Å². The highest BCUT2D eigenvalue weighted by Gasteiger charge is 2.24. The quantitative estimate of drug-likeness (QED) is 0.680. The number of ether oxygens (including phenoxy) is 1. The van der Waals surface area contributed by atoms with E-state index in [1.165, 1.54) is 4.57 Å². The van der Waals surface area contributed by atoms with Crippen LogP contribution in [0.5, 0.6) is 5.75 Å². The van der Waals surface area contributed by atoms with Gasteiger partial charge in [0.05, 0.1) is 23.7 Å². The number of piperazine rings is 1. The van der Waals surface area contributed by atoms with Gasteiger partial charge in [-0.2, -0.15) is 0 Å². The van der Waals surface area contributed by atoms with Crippen LogP contribution >= 0.6 is 0 Å². The number of aryl methyl sites for hydroxylation is 1. The van der Waals surface area contributed by atoms with Gasteiger partial charge in [-0.3, -0.25) is 14.2 Å². The van der Waals surface area contributed by atoms with Crippen molar-refractivity contribution in [1.82, 2.24) is 14.5 Å². The van der Waals surface area contributed by atoms with Crippen molar-refractivity contribution in [3.63, 3.8) is 0 Å². The zero-order valence-electron chi connectivity index (χ0n) is 16.7. The molecule has 0 bridgehead atoms. The second-order valence-electron chi connectivity index (χ2n) is 7.11. The summed E-state index contributed by atoms with van der Waals surface area (Å²) in [7, 11) is 1.66. The van der Waals surface area contributed by atoms with E-state index < -0.39 is 0 Å². The SMILES string of the molecule is COc1ccccc1N1CCN(C(=O)Cn2c(C)nc3ccccc3c2=O)CC1. The first-order valence-electron chi connectivity index (χ1n) is 9.70. The average molecular weight is 392 g/mol. The fraction of sp³-hybridized carbons (Fsp3) is 0.318. The molecule has 29 heavy (non-hydrogen) atoms. The van der Waals surface area contributed by atoms with Gasteiger partial charge < -0.3 is 14.5 Å². The predicted octanol–water partition coefficient (Wildman–Crippen LogP) is 2.06. The van der Waals surface area contributed by atoms with E-state index in [4.69, 9.17) is 4.74 Å². The van der Waals surface area contributed by atoms with Crippen molar-refractivity contribution in [2.45, 2.75) is 13.5 Å². The Hall–Kier alpha value is -3.35. The molecule has 1 aliphatic rings. The second-order valence-corrected chi connectivity index (χ2v) is 7.11. The molecule has 1 saturated heterocycles. The highest BCUT2D eigenvalue weighted by Crippen LogP contribution is 2.28. The molecule has 7 nitrogen and oxygen atoms in total. The Morgan fingerprint density at radius 2 is 1.72 bits per heavy atom. The number of rotatable bonds is 4. The van der Waals surface area contributed by atoms with Crippen LogP contribution in [0, 0.1) is 6.92 Å². The van der Waals surface area contributed by atoms with E-state index in [9.17, 15) is 9.59 Å². The molecule has 3 aromatic rings. The minimum Gasteiger partial charge on any atom is -0.495 e. The molecular formula is C22H24N4O3. The topological polar surface area (TPSA) is 67.7 Å². The number of aromatic nitrogens is 2. The van der Waals surface area contributed by atoms with Crippen molar-refractivity contribution in [2.24, 2.45) is 0 Å². The first-order valence-corrected chi connectivity index (χ1v) is 9.70. The molecule has 4 rings (SSSR count). The van der Waals surface area contributed by atoms with Gasteiger partial charge in [-0.25, -0.2) is 4.98 Å². The molecule has 0 spiro atoms. The summed E-state index contributed by atoms with van der Waals surface area (Å²) in [6, 6.07) is 15.1. The molecule has 0 unspecified atom stereocenters. The number of hydrogen-bond acceptors (Lipinski definition) is 5. The lowest BCUT2D eigenvalue weighted by atomic mass is 10.2. The van der Waals surface area contributed by atoms with E-state index in [2.05, 4.69) is 9.88 Å². The number of nitrogens with zero attached hydrogens (tertiary/aromatic N) is 4. The summed E-state index contributed by atoms with van der Waals surface area (Å²) in [5.41, 5.74) is 1.52. The van der Waals surface area contributed by atoms with Gasteiger partial charge in [-0.1, -0.05) is 24.3 Å². The van der Waals surface area contributed by atoms with Crippen molar-refractivity contribution in [2.75, 3.05) is 38.2 Å². The summed E-state index contributed by atoms with van der Waals surface area (Å²) in [6.45, 7) is 4.42. The smallest absolute Gasteiger partial charge is 0.261 e. The Kier molecular flexibility index (Phi) is 5.20. The van der Waals surface area contributed by atoms with Gasteiger partial charge in [0.15, 0.2) is 0 Å². The van der Waals surface area contributed by atoms with Gasteiger partial charge in [0.25, 0.3) is 5.56 Å². The molecule has 1 aliphatic heterocycles. The summed E-state index contributed by atoms with van der Waals surface area (Å²) < 4.78 is 6.92. The number of methoxy groups -OCH3 is 1. The second kappa shape index (κ2) is 7.95. The third-order valence-electron chi connectivity index (χ3n) is 5.40. The van der Waals surface area contributed by atoms with Crippen LogP contribution in [0.3, 0.4) is 0 Å². The molecule has 2 aromatic carbocycles. The maximum atomic E-state index is 12.9. The van der Waals surface area contributed by atoms with Gasteiger partial charge in [-0.15, -0.1) is 0 Å². The summed E-state index contributed by atoms with van der Waals surface area (Å²) in [6.07, 6.45) is 0. The number of para-hydroxylation sites is 3. The largest absolute Gasteiger partial charge is 0.495 e. The molecule has 0 N–H and O–H groups in total. The Morgan fingerprint density at radius 1 is 1.03 bits per heavy atom. The van der Waals surface area contributed by atoms with Crippen LogP contribution in [-0.2, 0) is 11.3 Å². The average Bonchev–Trinajstić information content (AvgIpc) is 2.76. The number of fused-ring (bicyclic) bond motifs is 1. The van der Waals surface area contributed by atoms with Gasteiger partial charge >= 0.3 is 0 Å². The predicted molar refractivity (Wildman–Crippen MR) is 113 cm³/mol. The maximum absolute atomic E-state index is 12.9. The van der Waals surface area contributed by atoms with E-state index in [0.717, 1.165) is 24.5 Å². The fourth-order valence-electron chi connectivity index (χ4n) is 3.79. The van der Waals surface area contributed by atoms with Gasteiger partial charge in [0, 0.05) is 26.2 Å². The molecule has 7 heteroatoms. The van der Waals surface area contributed by atoms with Gasteiger partial charge in [-0.05, 0) is 31.2 Å². The first kappa shape index (κ1) is 19.0. The Labute approximate surface area is 169 Å². The molecular weight excluding hydrogens is 368 g/mol. The van der Waals surface area contributed by atoms with E-state index in [0.29, 0.717) is 29.8 Å². The molecule has 0 aliphatic carbocycles. The first-order chi connectivity index (χ1) is 14.1. The maximum Gasteiger partial charge on any atom is 0.261 e. The Balaban J connectivity index is 1.47. The normalized spacial score (nSPS) is 14.3. The van der Waals surface area contributed by atoms with Gasteiger partial charge in [0.1, 0.15) is 18.1 Å². The summed E-state index contributed by atoms with van der Waals surface area (Å²) in [5.74, 6) is 1.32. The summed E-state index contributed by atoms with van der Waals surface area (Å²) in [4.78, 5) is 34.2. The zero-order valence-corrected chi connectivity index (χ0v) is 16.7. The molecule has 1 aromatic heterocycles. The van der Waals surface area contributed by atoms with E-state index >= 15 is 0 Å². The molecule has 0 radical (unpaired) electrons. The number of amides is 1. The summed E-state index contributed by atoms with van der Waals surface area (Å²) in [5, 5.41) is 0.534. The highest BCUT2D eigenvalue weighted by atomic mass is 16.5. The van der Waals surface area contributed by atoms with Crippen LogP contribution in [0.2, 0.25) is 0 Å². The molecule has 0 atom stereocenters. The number of carbonyl (C=O) groups excluding carboxylic acids is 1. The third-order valence-corrected chi connectivity index (χ3v) is 5.40. The standard InChI is InChI=1S/C22H24N4O3/c1-16-23-18-8-4-3-7-17(18)22(28)26(16)15-21(27)25-13-11-24(12-14-25)19-9-5-6-10-20(19)29-2/h3-10H,11-15H2,1-2H3. The van der Waals surface area contributed by atoms with Crippen LogP contribution in [0.15, 0.2) is 53.3 Å². The van der Waals surface area contributed by atoms with Crippen LogP contribution in [0.25, 0.3) is 10.9 Å². The molecule has 0 saturated carbocycles. The minimum absolute atomic E-state index is 0.0111. The molecule has 2 heterocycles. The van der Waals surface area contributed by atoms with Gasteiger partial charge in [0.2, 0.25) is 5.91 Å². The van der Waals surface area contributed by atoms with E-state index in [1.54, 1.807) is 20.1 Å². The van der Waals surface area contributed by atoms with Crippen molar-refractivity contribution in [3.05, 3.63) is 64.7 Å². The monoisotopic (exact) mass is 392 g/mol. The molecule has 150 valence electrons. The molecule has 1 amide bonds. The number of anilines is 1. The molecule has 1 fully saturated rings. The lowest BCUT2D eigenvalue weighted by Gasteiger charge is -2.36. The van der Waals surface area contributed by atoms with Crippen LogP contribution in [0.4, 0.5) is 5.69 Å². The highest BCUT2D eigenvalue weighted by molar-refractivity contribution is 5.79. The lowest BCUT2D eigenvalue weighted by Crippen LogP contribution is -2.50. The number of hydrogen-bond donors (Lipinski definition) is 0. The summed E-state index contributed by atoms with van der Waals surface area (Å²) >= 11 is 0. The van der Waals surface area contributed by atoms with Crippen molar-refractivity contribution in [3.8, 4) is 5.75 Å². The Morgan fingerprint density at radius 3 is 2.48 bits per heavy atom. The Bertz CT molecular complexity index is 1100. The minimum atomic E-state index is -0.172. The fourth-order valence-corrected chi connectivity index (χ4v) is 3.79. The third kappa shape index (κ3) is 3.68. The number of carbonyl (C=O) groups is 1. The van der Waals surface area contributed by atoms with Crippen LogP contribution in [-0.4, -0.2) is 53.6 Å². The number of benzene rings is 2. The lowest BCUT2D eigenvalue weighted by molar-refractivity contribution is -0.132. The van der Waals surface area contributed by atoms with Crippen molar-refractivity contribution < 1.29 is 9.53 Å². The van der Waals surface area contributed by atoms with Crippen LogP contribution in [0.1, 0.15) is 5.82 Å². The zero-order chi connectivity index (χ0) is 20.4. The van der Waals surface area contributed by atoms with Crippen LogP contribution < -0.4 is 15.2 Å².